The standard InChI is InChI=1S/C7H3ClN2O/c8-7-1-6(4-11)10-3-5(7)2-9/h1,3-4H. The zero-order valence-electron chi connectivity index (χ0n) is 5.41. The van der Waals surface area contributed by atoms with Crippen molar-refractivity contribution in [3.8, 4) is 6.07 Å². The lowest BCUT2D eigenvalue weighted by Crippen LogP contribution is -1.87. The first-order chi connectivity index (χ1) is 5.27. The number of aromatic nitrogens is 1. The van der Waals surface area contributed by atoms with Gasteiger partial charge in [-0.25, -0.2) is 0 Å². The fraction of sp³-hybridized carbons (Fsp3) is 0. The monoisotopic (exact) mass is 166 g/mol. The predicted molar refractivity (Wildman–Crippen MR) is 39.3 cm³/mol. The zero-order chi connectivity index (χ0) is 8.27. The van der Waals surface area contributed by atoms with Crippen LogP contribution in [0.25, 0.3) is 0 Å². The minimum Gasteiger partial charge on any atom is -0.296 e. The van der Waals surface area contributed by atoms with E-state index in [0.717, 1.165) is 0 Å². The van der Waals surface area contributed by atoms with Crippen LogP contribution in [-0.2, 0) is 0 Å². The molecule has 0 unspecified atom stereocenters. The number of nitrogens with zero attached hydrogens (tertiary/aromatic N) is 2. The van der Waals surface area contributed by atoms with Crippen LogP contribution in [0, 0.1) is 11.3 Å². The molecule has 0 fully saturated rings. The van der Waals surface area contributed by atoms with E-state index in [4.69, 9.17) is 16.9 Å². The highest BCUT2D eigenvalue weighted by Gasteiger charge is 2.00. The molecule has 3 nitrogen and oxygen atoms in total. The van der Waals surface area contributed by atoms with Crippen LogP contribution in [0.4, 0.5) is 0 Å². The van der Waals surface area contributed by atoms with Crippen LogP contribution in [0.15, 0.2) is 12.3 Å². The van der Waals surface area contributed by atoms with Gasteiger partial charge in [-0.3, -0.25) is 9.78 Å². The van der Waals surface area contributed by atoms with Crippen molar-refractivity contribution < 1.29 is 4.79 Å². The van der Waals surface area contributed by atoms with Crippen molar-refractivity contribution in [1.82, 2.24) is 4.98 Å². The van der Waals surface area contributed by atoms with Crippen molar-refractivity contribution in [3.05, 3.63) is 28.5 Å². The summed E-state index contributed by atoms with van der Waals surface area (Å²) in [7, 11) is 0. The molecule has 54 valence electrons. The number of hydrogen-bond acceptors (Lipinski definition) is 3. The second kappa shape index (κ2) is 3.13. The maximum atomic E-state index is 10.2. The fourth-order valence-corrected chi connectivity index (χ4v) is 0.795. The van der Waals surface area contributed by atoms with Gasteiger partial charge in [-0.05, 0) is 6.07 Å². The normalized spacial score (nSPS) is 8.73. The van der Waals surface area contributed by atoms with Gasteiger partial charge in [0.1, 0.15) is 11.8 Å². The average Bonchev–Trinajstić information content (AvgIpc) is 2.04. The molecule has 1 heterocycles. The molecule has 0 radical (unpaired) electrons. The number of rotatable bonds is 1. The summed E-state index contributed by atoms with van der Waals surface area (Å²) in [5.41, 5.74) is 0.506. The Morgan fingerprint density at radius 2 is 2.45 bits per heavy atom. The first-order valence-electron chi connectivity index (χ1n) is 2.78. The Balaban J connectivity index is 3.22. The number of nitriles is 1. The van der Waals surface area contributed by atoms with Gasteiger partial charge >= 0.3 is 0 Å². The van der Waals surface area contributed by atoms with Crippen molar-refractivity contribution >= 4 is 17.9 Å². The zero-order valence-corrected chi connectivity index (χ0v) is 6.17. The van der Waals surface area contributed by atoms with E-state index in [1.165, 1.54) is 12.3 Å². The van der Waals surface area contributed by atoms with E-state index in [0.29, 0.717) is 6.29 Å². The Morgan fingerprint density at radius 1 is 1.73 bits per heavy atom. The van der Waals surface area contributed by atoms with Crippen LogP contribution in [0.3, 0.4) is 0 Å². The molecule has 0 N–H and O–H groups in total. The molecule has 0 spiro atoms. The number of carbonyl (C=O) groups is 1. The van der Waals surface area contributed by atoms with Crippen molar-refractivity contribution in [2.75, 3.05) is 0 Å². The van der Waals surface area contributed by atoms with Crippen LogP contribution in [0.2, 0.25) is 5.02 Å². The van der Waals surface area contributed by atoms with Gasteiger partial charge in [0.05, 0.1) is 10.6 Å². The van der Waals surface area contributed by atoms with E-state index >= 15 is 0 Å². The molecule has 0 saturated heterocycles. The number of hydrogen-bond donors (Lipinski definition) is 0. The van der Waals surface area contributed by atoms with Gasteiger partial charge in [0, 0.05) is 6.20 Å². The van der Waals surface area contributed by atoms with Crippen molar-refractivity contribution in [1.29, 1.82) is 5.26 Å². The molecule has 0 bridgehead atoms. The van der Waals surface area contributed by atoms with E-state index in [-0.39, 0.29) is 16.3 Å². The second-order valence-corrected chi connectivity index (χ2v) is 2.23. The SMILES string of the molecule is N#Cc1cnc(C=O)cc1Cl. The van der Waals surface area contributed by atoms with Crippen LogP contribution >= 0.6 is 11.6 Å². The fourth-order valence-electron chi connectivity index (χ4n) is 0.592. The largest absolute Gasteiger partial charge is 0.296 e. The highest BCUT2D eigenvalue weighted by atomic mass is 35.5. The van der Waals surface area contributed by atoms with E-state index in [1.807, 2.05) is 6.07 Å². The molecule has 0 aromatic carbocycles. The summed E-state index contributed by atoms with van der Waals surface area (Å²) in [5.74, 6) is 0. The minimum absolute atomic E-state index is 0.231. The smallest absolute Gasteiger partial charge is 0.168 e. The van der Waals surface area contributed by atoms with E-state index in [1.54, 1.807) is 0 Å². The summed E-state index contributed by atoms with van der Waals surface area (Å²) in [5, 5.41) is 8.67. The number of halogens is 1. The van der Waals surface area contributed by atoms with E-state index < -0.39 is 0 Å². The Morgan fingerprint density at radius 3 is 2.91 bits per heavy atom. The molecule has 4 heteroatoms. The third-order valence-electron chi connectivity index (χ3n) is 1.12. The van der Waals surface area contributed by atoms with Crippen molar-refractivity contribution in [3.63, 3.8) is 0 Å². The Labute approximate surface area is 68.2 Å². The Kier molecular flexibility index (Phi) is 2.19. The van der Waals surface area contributed by atoms with Crippen LogP contribution < -0.4 is 0 Å². The summed E-state index contributed by atoms with van der Waals surface area (Å²) < 4.78 is 0. The van der Waals surface area contributed by atoms with Crippen molar-refractivity contribution in [2.24, 2.45) is 0 Å². The van der Waals surface area contributed by atoms with Gasteiger partial charge in [0.2, 0.25) is 0 Å². The van der Waals surface area contributed by atoms with Gasteiger partial charge in [0.15, 0.2) is 6.29 Å². The van der Waals surface area contributed by atoms with Gasteiger partial charge in [-0.2, -0.15) is 5.26 Å². The highest BCUT2D eigenvalue weighted by molar-refractivity contribution is 6.31. The summed E-state index contributed by atoms with van der Waals surface area (Å²) in [6.07, 6.45) is 1.85. The molecular weight excluding hydrogens is 164 g/mol. The highest BCUT2D eigenvalue weighted by Crippen LogP contribution is 2.13. The first-order valence-corrected chi connectivity index (χ1v) is 3.16. The average molecular weight is 167 g/mol. The van der Waals surface area contributed by atoms with E-state index in [9.17, 15) is 4.79 Å². The molecule has 0 aliphatic heterocycles. The molecule has 0 amide bonds. The van der Waals surface area contributed by atoms with E-state index in [2.05, 4.69) is 4.98 Å². The number of pyridine rings is 1. The number of aldehydes is 1. The maximum absolute atomic E-state index is 10.2. The molecule has 1 aromatic rings. The molecule has 0 atom stereocenters. The molecule has 0 aliphatic carbocycles. The van der Waals surface area contributed by atoms with Crippen LogP contribution in [-0.4, -0.2) is 11.3 Å². The van der Waals surface area contributed by atoms with Crippen LogP contribution in [0.1, 0.15) is 16.1 Å². The summed E-state index contributed by atoms with van der Waals surface area (Å²) in [6, 6.07) is 3.19. The van der Waals surface area contributed by atoms with Gasteiger partial charge < -0.3 is 0 Å². The number of carbonyl (C=O) groups excluding carboxylic acids is 1. The molecule has 0 saturated carbocycles. The Bertz CT molecular complexity index is 330. The minimum atomic E-state index is 0.231. The van der Waals surface area contributed by atoms with Gasteiger partial charge in [0.25, 0.3) is 0 Å². The molecule has 11 heavy (non-hydrogen) atoms. The lowest BCUT2D eigenvalue weighted by Gasteiger charge is -1.92. The third-order valence-corrected chi connectivity index (χ3v) is 1.43. The molecular formula is C7H3ClN2O. The predicted octanol–water partition coefficient (Wildman–Crippen LogP) is 1.42. The topological polar surface area (TPSA) is 53.8 Å². The summed E-state index contributed by atoms with van der Waals surface area (Å²) in [4.78, 5) is 13.8. The van der Waals surface area contributed by atoms with Gasteiger partial charge in [-0.1, -0.05) is 11.6 Å². The van der Waals surface area contributed by atoms with Gasteiger partial charge in [-0.15, -0.1) is 0 Å². The second-order valence-electron chi connectivity index (χ2n) is 1.82. The molecule has 1 aromatic heterocycles. The Hall–Kier alpha value is -1.40. The van der Waals surface area contributed by atoms with Crippen molar-refractivity contribution in [2.45, 2.75) is 0 Å². The molecule has 0 aliphatic rings. The lowest BCUT2D eigenvalue weighted by atomic mass is 10.3. The van der Waals surface area contributed by atoms with Crippen LogP contribution in [0.5, 0.6) is 0 Å². The summed E-state index contributed by atoms with van der Waals surface area (Å²) >= 11 is 5.59. The molecule has 1 rings (SSSR count). The summed E-state index contributed by atoms with van der Waals surface area (Å²) in [6.45, 7) is 0. The quantitative estimate of drug-likeness (QED) is 0.593. The third kappa shape index (κ3) is 1.54. The maximum Gasteiger partial charge on any atom is 0.168 e. The lowest BCUT2D eigenvalue weighted by molar-refractivity contribution is 0.111. The first kappa shape index (κ1) is 7.70.